The summed E-state index contributed by atoms with van der Waals surface area (Å²) >= 11 is 0. The van der Waals surface area contributed by atoms with Gasteiger partial charge in [-0.1, -0.05) is 19.9 Å². The van der Waals surface area contributed by atoms with Crippen molar-refractivity contribution < 1.29 is 32.2 Å². The molecule has 1 saturated carbocycles. The van der Waals surface area contributed by atoms with Gasteiger partial charge < -0.3 is 9.84 Å². The third kappa shape index (κ3) is 3.05. The maximum absolute atomic E-state index is 13.6. The summed E-state index contributed by atoms with van der Waals surface area (Å²) in [5.41, 5.74) is -0.785. The van der Waals surface area contributed by atoms with Crippen molar-refractivity contribution in [1.29, 1.82) is 0 Å². The van der Waals surface area contributed by atoms with Gasteiger partial charge in [-0.15, -0.1) is 0 Å². The van der Waals surface area contributed by atoms with E-state index in [4.69, 9.17) is 4.74 Å². The molecule has 0 spiro atoms. The molecular weight excluding hydrogens is 328 g/mol. The van der Waals surface area contributed by atoms with E-state index in [2.05, 4.69) is 0 Å². The first-order valence-corrected chi connectivity index (χ1v) is 7.41. The van der Waals surface area contributed by atoms with Gasteiger partial charge in [-0.25, -0.2) is 17.6 Å². The summed E-state index contributed by atoms with van der Waals surface area (Å²) in [7, 11) is 0. The van der Waals surface area contributed by atoms with Gasteiger partial charge in [-0.2, -0.15) is 0 Å². The number of halogens is 4. The highest BCUT2D eigenvalue weighted by atomic mass is 19.2. The lowest BCUT2D eigenvalue weighted by Gasteiger charge is -2.09. The molecule has 0 aliphatic heterocycles. The van der Waals surface area contributed by atoms with Gasteiger partial charge >= 0.3 is 5.97 Å². The van der Waals surface area contributed by atoms with E-state index in [9.17, 15) is 27.5 Å². The Balaban J connectivity index is 2.13. The molecule has 0 bridgehead atoms. The van der Waals surface area contributed by atoms with E-state index in [0.717, 1.165) is 0 Å². The van der Waals surface area contributed by atoms with Crippen LogP contribution in [0.2, 0.25) is 0 Å². The maximum Gasteiger partial charge on any atom is 0.310 e. The van der Waals surface area contributed by atoms with Gasteiger partial charge in [0.1, 0.15) is 6.61 Å². The molecule has 1 N–H and O–H groups in total. The van der Waals surface area contributed by atoms with Crippen molar-refractivity contribution in [2.24, 2.45) is 17.3 Å². The Morgan fingerprint density at radius 2 is 1.75 bits per heavy atom. The lowest BCUT2D eigenvalue weighted by molar-refractivity contribution is -0.147. The average Bonchev–Trinajstić information content (AvgIpc) is 3.09. The summed E-state index contributed by atoms with van der Waals surface area (Å²) in [5, 5.41) is 9.31. The van der Waals surface area contributed by atoms with E-state index < -0.39 is 52.7 Å². The molecule has 1 aromatic carbocycles. The molecule has 2 unspecified atom stereocenters. The van der Waals surface area contributed by atoms with Gasteiger partial charge in [0.25, 0.3) is 0 Å². The van der Waals surface area contributed by atoms with Crippen LogP contribution in [0.25, 0.3) is 0 Å². The largest absolute Gasteiger partial charge is 0.460 e. The maximum atomic E-state index is 13.6. The first kappa shape index (κ1) is 18.4. The number of aliphatic hydroxyl groups excluding tert-OH is 1. The number of hydrogen-bond donors (Lipinski definition) is 1. The quantitative estimate of drug-likeness (QED) is 0.384. The van der Waals surface area contributed by atoms with Crippen molar-refractivity contribution in [2.45, 2.75) is 27.4 Å². The van der Waals surface area contributed by atoms with Crippen molar-refractivity contribution >= 4 is 5.97 Å². The zero-order valence-electron chi connectivity index (χ0n) is 13.5. The molecule has 1 aliphatic rings. The minimum atomic E-state index is -1.59. The minimum absolute atomic E-state index is 0.0928. The highest BCUT2D eigenvalue weighted by Crippen LogP contribution is 2.62. The Hall–Kier alpha value is -1.89. The molecule has 2 atom stereocenters. The summed E-state index contributed by atoms with van der Waals surface area (Å²) in [5.74, 6) is -7.86. The minimum Gasteiger partial charge on any atom is -0.460 e. The van der Waals surface area contributed by atoms with E-state index in [0.29, 0.717) is 5.57 Å². The van der Waals surface area contributed by atoms with Gasteiger partial charge in [-0.3, -0.25) is 4.79 Å². The van der Waals surface area contributed by atoms with Crippen LogP contribution in [0.1, 0.15) is 26.3 Å². The van der Waals surface area contributed by atoms with Gasteiger partial charge in [0.05, 0.1) is 18.1 Å². The van der Waals surface area contributed by atoms with Crippen molar-refractivity contribution in [1.82, 2.24) is 0 Å². The SMILES string of the molecule is CC=C(CO)C1C(C(=O)OCc2c(F)c(F)cc(F)c2F)C1(C)C. The molecule has 0 amide bonds. The second-order valence-electron chi connectivity index (χ2n) is 6.35. The molecule has 1 aromatic rings. The van der Waals surface area contributed by atoms with Crippen LogP contribution in [0, 0.1) is 40.5 Å². The lowest BCUT2D eigenvalue weighted by Crippen LogP contribution is -2.13. The summed E-state index contributed by atoms with van der Waals surface area (Å²) in [6.45, 7) is 4.20. The first-order chi connectivity index (χ1) is 11.2. The van der Waals surface area contributed by atoms with Gasteiger partial charge in [-0.05, 0) is 17.9 Å². The second-order valence-corrected chi connectivity index (χ2v) is 6.35. The first-order valence-electron chi connectivity index (χ1n) is 7.41. The van der Waals surface area contributed by atoms with Gasteiger partial charge in [0.2, 0.25) is 0 Å². The topological polar surface area (TPSA) is 46.5 Å². The number of carbonyl (C=O) groups excluding carboxylic acids is 1. The van der Waals surface area contributed by atoms with Crippen LogP contribution in [0.5, 0.6) is 0 Å². The van der Waals surface area contributed by atoms with Crippen LogP contribution in [0.3, 0.4) is 0 Å². The fourth-order valence-electron chi connectivity index (χ4n) is 3.12. The van der Waals surface area contributed by atoms with Gasteiger partial charge in [0.15, 0.2) is 23.3 Å². The molecule has 132 valence electrons. The van der Waals surface area contributed by atoms with E-state index in [-0.39, 0.29) is 18.6 Å². The van der Waals surface area contributed by atoms with Crippen molar-refractivity contribution in [3.63, 3.8) is 0 Å². The number of aliphatic hydroxyl groups is 1. The summed E-state index contributed by atoms with van der Waals surface area (Å²) in [4.78, 5) is 12.2. The predicted molar refractivity (Wildman–Crippen MR) is 77.7 cm³/mol. The molecule has 1 aliphatic carbocycles. The Bertz CT molecular complexity index is 671. The van der Waals surface area contributed by atoms with Crippen LogP contribution in [0.15, 0.2) is 17.7 Å². The third-order valence-corrected chi connectivity index (χ3v) is 4.60. The van der Waals surface area contributed by atoms with E-state index in [1.165, 1.54) is 0 Å². The highest BCUT2D eigenvalue weighted by molar-refractivity contribution is 5.78. The molecule has 0 aromatic heterocycles. The number of carbonyl (C=O) groups is 1. The second kappa shape index (κ2) is 6.55. The Morgan fingerprint density at radius 1 is 1.21 bits per heavy atom. The van der Waals surface area contributed by atoms with Crippen LogP contribution in [0.4, 0.5) is 17.6 Å². The fourth-order valence-corrected chi connectivity index (χ4v) is 3.12. The monoisotopic (exact) mass is 346 g/mol. The lowest BCUT2D eigenvalue weighted by atomic mass is 10.0. The van der Waals surface area contributed by atoms with Crippen LogP contribution in [-0.4, -0.2) is 17.7 Å². The fraction of sp³-hybridized carbons (Fsp3) is 0.471. The smallest absolute Gasteiger partial charge is 0.310 e. The number of hydrogen-bond acceptors (Lipinski definition) is 3. The zero-order valence-corrected chi connectivity index (χ0v) is 13.5. The zero-order chi connectivity index (χ0) is 18.2. The molecule has 1 fully saturated rings. The summed E-state index contributed by atoms with van der Waals surface area (Å²) in [6.07, 6.45) is 1.70. The Kier molecular flexibility index (Phi) is 5.03. The molecular formula is C17H18F4O3. The summed E-state index contributed by atoms with van der Waals surface area (Å²) < 4.78 is 58.3. The average molecular weight is 346 g/mol. The van der Waals surface area contributed by atoms with E-state index in [1.54, 1.807) is 26.8 Å². The van der Waals surface area contributed by atoms with Crippen molar-refractivity contribution in [3.05, 3.63) is 46.5 Å². The van der Waals surface area contributed by atoms with E-state index >= 15 is 0 Å². The van der Waals surface area contributed by atoms with Crippen LogP contribution >= 0.6 is 0 Å². The molecule has 2 rings (SSSR count). The Morgan fingerprint density at radius 3 is 2.21 bits per heavy atom. The van der Waals surface area contributed by atoms with Crippen molar-refractivity contribution in [2.75, 3.05) is 6.61 Å². The number of esters is 1. The number of ether oxygens (including phenoxy) is 1. The number of rotatable bonds is 5. The standard InChI is InChI=1S/C17H18F4O3/c1-4-8(6-22)12-13(17(12,2)3)16(23)24-7-9-14(20)10(18)5-11(19)15(9)21/h4-5,12-13,22H,6-7H2,1-3H3. The summed E-state index contributed by atoms with van der Waals surface area (Å²) in [6, 6.07) is 0.0928. The molecule has 7 heteroatoms. The molecule has 3 nitrogen and oxygen atoms in total. The van der Waals surface area contributed by atoms with E-state index in [1.807, 2.05) is 0 Å². The molecule has 0 heterocycles. The predicted octanol–water partition coefficient (Wildman–Crippen LogP) is 3.50. The van der Waals surface area contributed by atoms with Crippen LogP contribution in [-0.2, 0) is 16.1 Å². The highest BCUT2D eigenvalue weighted by Gasteiger charge is 2.63. The van der Waals surface area contributed by atoms with Gasteiger partial charge in [0, 0.05) is 12.0 Å². The molecule has 0 saturated heterocycles. The van der Waals surface area contributed by atoms with Crippen molar-refractivity contribution in [3.8, 4) is 0 Å². The third-order valence-electron chi connectivity index (χ3n) is 4.60. The Labute approximate surface area is 136 Å². The number of benzene rings is 1. The normalized spacial score (nSPS) is 22.4. The molecule has 24 heavy (non-hydrogen) atoms. The number of allylic oxidation sites excluding steroid dienone is 1. The molecule has 0 radical (unpaired) electrons. The van der Waals surface area contributed by atoms with Crippen LogP contribution < -0.4 is 0 Å².